The molecule has 9 nitrogen and oxygen atoms in total. The van der Waals surface area contributed by atoms with E-state index in [-0.39, 0.29) is 29.3 Å². The van der Waals surface area contributed by atoms with Crippen molar-refractivity contribution in [3.63, 3.8) is 0 Å². The summed E-state index contributed by atoms with van der Waals surface area (Å²) in [5.41, 5.74) is 5.28. The molecule has 1 heterocycles. The number of carbonyl (C=O) groups excluding carboxylic acids is 3. The van der Waals surface area contributed by atoms with E-state index in [2.05, 4.69) is 16.2 Å². The van der Waals surface area contributed by atoms with Gasteiger partial charge in [-0.1, -0.05) is 30.3 Å². The Hall–Kier alpha value is -3.76. The van der Waals surface area contributed by atoms with Gasteiger partial charge >= 0.3 is 0 Å². The third-order valence-electron chi connectivity index (χ3n) is 5.78. The lowest BCUT2D eigenvalue weighted by Crippen LogP contribution is -2.42. The summed E-state index contributed by atoms with van der Waals surface area (Å²) in [7, 11) is -3.56. The van der Waals surface area contributed by atoms with E-state index in [1.807, 2.05) is 30.3 Å². The Labute approximate surface area is 203 Å². The van der Waals surface area contributed by atoms with Crippen LogP contribution in [0.5, 0.6) is 0 Å². The van der Waals surface area contributed by atoms with Gasteiger partial charge in [-0.3, -0.25) is 25.2 Å². The average Bonchev–Trinajstić information content (AvgIpc) is 3.43. The molecule has 0 atom stereocenters. The fourth-order valence-electron chi connectivity index (χ4n) is 3.84. The van der Waals surface area contributed by atoms with Crippen molar-refractivity contribution in [3.8, 4) is 0 Å². The Balaban J connectivity index is 1.22. The summed E-state index contributed by atoms with van der Waals surface area (Å²) in [6, 6.07) is 18.6. The van der Waals surface area contributed by atoms with Gasteiger partial charge in [-0.25, -0.2) is 8.42 Å². The number of sulfonamides is 1. The highest BCUT2D eigenvalue weighted by Crippen LogP contribution is 2.21. The third-order valence-corrected chi connectivity index (χ3v) is 7.70. The number of nitrogens with zero attached hydrogens (tertiary/aromatic N) is 1. The van der Waals surface area contributed by atoms with Crippen molar-refractivity contribution in [2.24, 2.45) is 0 Å². The molecule has 3 aromatic carbocycles. The number of amides is 3. The summed E-state index contributed by atoms with van der Waals surface area (Å²) in [4.78, 5) is 36.8. The highest BCUT2D eigenvalue weighted by Gasteiger charge is 2.27. The van der Waals surface area contributed by atoms with Crippen LogP contribution in [0.1, 0.15) is 40.0 Å². The quantitative estimate of drug-likeness (QED) is 0.435. The highest BCUT2D eigenvalue weighted by atomic mass is 32.2. The van der Waals surface area contributed by atoms with Crippen LogP contribution < -0.4 is 16.2 Å². The zero-order valence-electron chi connectivity index (χ0n) is 19.0. The SMILES string of the molecule is O=C(CCNC(=O)c1ccc2ccccc2c1)NNC(=O)c1ccc(S(=O)(=O)N2CCCC2)cc1. The van der Waals surface area contributed by atoms with Crippen LogP contribution in [-0.2, 0) is 14.8 Å². The molecule has 0 radical (unpaired) electrons. The summed E-state index contributed by atoms with van der Waals surface area (Å²) in [5.74, 6) is -1.36. The monoisotopic (exact) mass is 494 g/mol. The van der Waals surface area contributed by atoms with Crippen LogP contribution >= 0.6 is 0 Å². The summed E-state index contributed by atoms with van der Waals surface area (Å²) in [6.45, 7) is 1.09. The number of hydrazine groups is 1. The minimum Gasteiger partial charge on any atom is -0.352 e. The number of carbonyl (C=O) groups is 3. The van der Waals surface area contributed by atoms with Crippen LogP contribution in [0.15, 0.2) is 71.6 Å². The number of hydrogen-bond donors (Lipinski definition) is 3. The first-order valence-electron chi connectivity index (χ1n) is 11.3. The number of rotatable bonds is 7. The van der Waals surface area contributed by atoms with E-state index in [0.717, 1.165) is 23.6 Å². The molecule has 1 aliphatic rings. The van der Waals surface area contributed by atoms with Gasteiger partial charge in [-0.2, -0.15) is 4.31 Å². The predicted octanol–water partition coefficient (Wildman–Crippen LogP) is 2.21. The molecule has 3 N–H and O–H groups in total. The van der Waals surface area contributed by atoms with E-state index in [1.165, 1.54) is 28.6 Å². The van der Waals surface area contributed by atoms with Crippen molar-refractivity contribution in [3.05, 3.63) is 77.9 Å². The molecule has 0 bridgehead atoms. The second-order valence-corrected chi connectivity index (χ2v) is 10.1. The van der Waals surface area contributed by atoms with Gasteiger partial charge in [-0.05, 0) is 60.0 Å². The smallest absolute Gasteiger partial charge is 0.269 e. The molecule has 1 saturated heterocycles. The fourth-order valence-corrected chi connectivity index (χ4v) is 5.36. The average molecular weight is 495 g/mol. The van der Waals surface area contributed by atoms with Gasteiger partial charge in [0.15, 0.2) is 0 Å². The van der Waals surface area contributed by atoms with Gasteiger partial charge in [0.1, 0.15) is 0 Å². The Morgan fingerprint density at radius 2 is 1.43 bits per heavy atom. The largest absolute Gasteiger partial charge is 0.352 e. The molecule has 3 amide bonds. The normalized spacial score (nSPS) is 13.9. The number of benzene rings is 3. The van der Waals surface area contributed by atoms with Crippen LogP contribution in [0.25, 0.3) is 10.8 Å². The van der Waals surface area contributed by atoms with Gasteiger partial charge in [0.25, 0.3) is 11.8 Å². The molecule has 0 spiro atoms. The zero-order valence-corrected chi connectivity index (χ0v) is 19.8. The number of hydrogen-bond acceptors (Lipinski definition) is 5. The molecule has 182 valence electrons. The van der Waals surface area contributed by atoms with Crippen LogP contribution in [-0.4, -0.2) is 50.1 Å². The van der Waals surface area contributed by atoms with Crippen LogP contribution in [0.2, 0.25) is 0 Å². The standard InChI is InChI=1S/C25H26N4O5S/c30-23(13-14-26-24(31)21-8-7-18-5-1-2-6-20(18)17-21)27-28-25(32)19-9-11-22(12-10-19)35(33,34)29-15-3-4-16-29/h1-2,5-12,17H,3-4,13-16H2,(H,26,31)(H,27,30)(H,28,32). The molecule has 1 fully saturated rings. The molecule has 3 aromatic rings. The number of fused-ring (bicyclic) bond motifs is 1. The lowest BCUT2D eigenvalue weighted by atomic mass is 10.1. The van der Waals surface area contributed by atoms with Crippen molar-refractivity contribution in [2.45, 2.75) is 24.2 Å². The maximum Gasteiger partial charge on any atom is 0.269 e. The molecule has 0 aromatic heterocycles. The molecule has 35 heavy (non-hydrogen) atoms. The van der Waals surface area contributed by atoms with Crippen molar-refractivity contribution < 1.29 is 22.8 Å². The van der Waals surface area contributed by atoms with Crippen LogP contribution in [0.4, 0.5) is 0 Å². The summed E-state index contributed by atoms with van der Waals surface area (Å²) >= 11 is 0. The Kier molecular flexibility index (Phi) is 7.42. The second kappa shape index (κ2) is 10.7. The van der Waals surface area contributed by atoms with Gasteiger partial charge in [-0.15, -0.1) is 0 Å². The van der Waals surface area contributed by atoms with Crippen molar-refractivity contribution >= 4 is 38.5 Å². The van der Waals surface area contributed by atoms with Gasteiger partial charge < -0.3 is 5.32 Å². The third kappa shape index (κ3) is 5.84. The van der Waals surface area contributed by atoms with E-state index >= 15 is 0 Å². The Morgan fingerprint density at radius 3 is 2.14 bits per heavy atom. The van der Waals surface area contributed by atoms with E-state index in [0.29, 0.717) is 18.7 Å². The predicted molar refractivity (Wildman–Crippen MR) is 131 cm³/mol. The fraction of sp³-hybridized carbons (Fsp3) is 0.240. The first-order chi connectivity index (χ1) is 16.8. The van der Waals surface area contributed by atoms with Gasteiger partial charge in [0, 0.05) is 37.2 Å². The summed E-state index contributed by atoms with van der Waals surface area (Å²) < 4.78 is 26.6. The van der Waals surface area contributed by atoms with E-state index in [9.17, 15) is 22.8 Å². The molecule has 0 saturated carbocycles. The molecule has 10 heteroatoms. The van der Waals surface area contributed by atoms with Crippen molar-refractivity contribution in [2.75, 3.05) is 19.6 Å². The van der Waals surface area contributed by atoms with Crippen molar-refractivity contribution in [1.29, 1.82) is 0 Å². The summed E-state index contributed by atoms with van der Waals surface area (Å²) in [5, 5.41) is 4.66. The maximum atomic E-state index is 12.6. The topological polar surface area (TPSA) is 125 Å². The molecule has 4 rings (SSSR count). The van der Waals surface area contributed by atoms with Crippen molar-refractivity contribution in [1.82, 2.24) is 20.5 Å². The van der Waals surface area contributed by atoms with Gasteiger partial charge in [0.2, 0.25) is 15.9 Å². The Morgan fingerprint density at radius 1 is 0.771 bits per heavy atom. The first kappa shape index (κ1) is 24.4. The Bertz CT molecular complexity index is 1350. The first-order valence-corrected chi connectivity index (χ1v) is 12.7. The highest BCUT2D eigenvalue weighted by molar-refractivity contribution is 7.89. The van der Waals surface area contributed by atoms with Crippen LogP contribution in [0, 0.1) is 0 Å². The van der Waals surface area contributed by atoms with E-state index < -0.39 is 21.8 Å². The molecule has 1 aliphatic heterocycles. The second-order valence-electron chi connectivity index (χ2n) is 8.21. The van der Waals surface area contributed by atoms with Crippen LogP contribution in [0.3, 0.4) is 0 Å². The minimum absolute atomic E-state index is 0.0351. The molecular formula is C25H26N4O5S. The molecule has 0 unspecified atom stereocenters. The van der Waals surface area contributed by atoms with E-state index in [1.54, 1.807) is 12.1 Å². The molecule has 0 aliphatic carbocycles. The number of nitrogens with one attached hydrogen (secondary N) is 3. The van der Waals surface area contributed by atoms with E-state index in [4.69, 9.17) is 0 Å². The summed E-state index contributed by atoms with van der Waals surface area (Å²) in [6.07, 6.45) is 1.64. The van der Waals surface area contributed by atoms with Gasteiger partial charge in [0.05, 0.1) is 4.90 Å². The maximum absolute atomic E-state index is 12.6. The minimum atomic E-state index is -3.56. The lowest BCUT2D eigenvalue weighted by Gasteiger charge is -2.15. The molecular weight excluding hydrogens is 468 g/mol. The zero-order chi connectivity index (χ0) is 24.8. The lowest BCUT2D eigenvalue weighted by molar-refractivity contribution is -0.121.